The zero-order valence-electron chi connectivity index (χ0n) is 27.9. The molecule has 2 aliphatic rings. The van der Waals surface area contributed by atoms with Crippen LogP contribution in [0.15, 0.2) is 24.3 Å². The summed E-state index contributed by atoms with van der Waals surface area (Å²) < 4.78 is 16.8. The molecular formula is C34H55NO10. The highest BCUT2D eigenvalue weighted by molar-refractivity contribution is 6.39. The van der Waals surface area contributed by atoms with Crippen LogP contribution in [-0.4, -0.2) is 101 Å². The fraction of sp³-hybridized carbons (Fsp3) is 0.765. The van der Waals surface area contributed by atoms with Crippen molar-refractivity contribution in [2.24, 2.45) is 23.7 Å². The number of rotatable bonds is 4. The molecular weight excluding hydrogens is 582 g/mol. The number of ketones is 2. The molecule has 0 unspecified atom stereocenters. The van der Waals surface area contributed by atoms with Crippen molar-refractivity contribution in [2.45, 2.75) is 116 Å². The van der Waals surface area contributed by atoms with Crippen LogP contribution < -0.4 is 0 Å². The zero-order chi connectivity index (χ0) is 33.9. The summed E-state index contributed by atoms with van der Waals surface area (Å²) in [4.78, 5) is 53.9. The van der Waals surface area contributed by atoms with Gasteiger partial charge in [-0.15, -0.1) is 6.58 Å². The number of cyclic esters (lactones) is 1. The fourth-order valence-electron chi connectivity index (χ4n) is 6.31. The molecule has 0 bridgehead atoms. The lowest BCUT2D eigenvalue weighted by molar-refractivity contribution is -0.208. The molecule has 0 aromatic rings. The number of carbonyl (C=O) groups is 4. The van der Waals surface area contributed by atoms with E-state index in [9.17, 15) is 34.5 Å². The number of Topliss-reactive ketones (excluding diaryl/α,β-unsaturated/α-hetero) is 2. The van der Waals surface area contributed by atoms with Gasteiger partial charge in [0.25, 0.3) is 11.7 Å². The number of aliphatic hydroxyl groups excluding tert-OH is 1. The van der Waals surface area contributed by atoms with Crippen LogP contribution in [-0.2, 0) is 33.4 Å². The van der Waals surface area contributed by atoms with Gasteiger partial charge in [-0.2, -0.15) is 0 Å². The molecule has 1 saturated heterocycles. The molecule has 0 aromatic carbocycles. The minimum absolute atomic E-state index is 0.0622. The average Bonchev–Trinajstić information content (AvgIpc) is 3.00. The number of allylic oxidation sites excluding steroid dienone is 3. The molecule has 1 amide bonds. The summed E-state index contributed by atoms with van der Waals surface area (Å²) >= 11 is 0. The van der Waals surface area contributed by atoms with Crippen molar-refractivity contribution in [1.82, 2.24) is 4.90 Å². The molecule has 1 fully saturated rings. The predicted octanol–water partition coefficient (Wildman–Crippen LogP) is 3.13. The smallest absolute Gasteiger partial charge is 0.328 e. The molecule has 0 saturated carbocycles. The lowest BCUT2D eigenvalue weighted by Crippen LogP contribution is -2.58. The highest BCUT2D eigenvalue weighted by atomic mass is 16.5. The van der Waals surface area contributed by atoms with E-state index in [1.165, 1.54) is 14.0 Å². The van der Waals surface area contributed by atoms with Gasteiger partial charge < -0.3 is 34.4 Å². The number of fused-ring (bicyclic) bond motifs is 1. The molecule has 2 aliphatic heterocycles. The van der Waals surface area contributed by atoms with Crippen molar-refractivity contribution in [2.75, 3.05) is 27.4 Å². The second kappa shape index (κ2) is 18.0. The number of aliphatic hydroxyl groups is 3. The maximum Gasteiger partial charge on any atom is 0.328 e. The molecule has 2 rings (SSSR count). The van der Waals surface area contributed by atoms with Crippen LogP contribution in [0.25, 0.3) is 0 Å². The third-order valence-electron chi connectivity index (χ3n) is 9.27. The van der Waals surface area contributed by atoms with Crippen molar-refractivity contribution in [3.63, 3.8) is 0 Å². The van der Waals surface area contributed by atoms with Gasteiger partial charge in [-0.05, 0) is 64.2 Å². The first-order valence-corrected chi connectivity index (χ1v) is 16.2. The highest BCUT2D eigenvalue weighted by Crippen LogP contribution is 2.29. The second-order valence-corrected chi connectivity index (χ2v) is 13.2. The van der Waals surface area contributed by atoms with Crippen LogP contribution in [0.2, 0.25) is 0 Å². The maximum absolute atomic E-state index is 13.3. The number of hydrogen-bond donors (Lipinski definition) is 3. The molecule has 3 N–H and O–H groups in total. The van der Waals surface area contributed by atoms with Crippen molar-refractivity contribution in [3.8, 4) is 0 Å². The fourth-order valence-corrected chi connectivity index (χ4v) is 6.31. The van der Waals surface area contributed by atoms with Gasteiger partial charge in [-0.1, -0.05) is 38.5 Å². The van der Waals surface area contributed by atoms with E-state index < -0.39 is 59.5 Å². The first-order valence-electron chi connectivity index (χ1n) is 16.2. The SMILES string of the molecule is C=CC[C@@H]1/C=C(\C)C[C@H](C)C[C@H](OC)C[C@@H](OC)C[C@@H](C)C(O)(O)C(=O)C(=O)N2CCCC[C@H]2C(=O)OC[C@H](C)[C@@H](O)CC1=O. The topological polar surface area (TPSA) is 160 Å². The number of carbonyl (C=O) groups excluding carboxylic acids is 4. The Balaban J connectivity index is 2.41. The lowest BCUT2D eigenvalue weighted by atomic mass is 9.86. The van der Waals surface area contributed by atoms with Gasteiger partial charge in [-0.3, -0.25) is 14.4 Å². The Morgan fingerprint density at radius 2 is 1.67 bits per heavy atom. The molecule has 0 aliphatic carbocycles. The van der Waals surface area contributed by atoms with E-state index in [1.54, 1.807) is 20.1 Å². The largest absolute Gasteiger partial charge is 0.464 e. The van der Waals surface area contributed by atoms with Gasteiger partial charge in [-0.25, -0.2) is 4.79 Å². The molecule has 0 aromatic heterocycles. The molecule has 45 heavy (non-hydrogen) atoms. The summed E-state index contributed by atoms with van der Waals surface area (Å²) in [6.07, 6.45) is 5.32. The standard InChI is InChI=1S/C34H55NO10/c1-8-11-25-15-21(2)14-22(3)16-26(43-6)18-27(44-7)17-24(5)34(41,42)31(38)32(39)35-13-10-9-12-28(35)33(40)45-20-23(4)29(36)19-30(25)37/h8,15,22-29,36,41-42H,1,9-14,16-20H2,2-7H3/b21-15+/t22-,23-,24+,25+,26-,27-,28-,29-/m0/s1. The minimum Gasteiger partial charge on any atom is -0.464 e. The van der Waals surface area contributed by atoms with Crippen LogP contribution in [0.4, 0.5) is 0 Å². The van der Waals surface area contributed by atoms with Crippen molar-refractivity contribution in [3.05, 3.63) is 24.3 Å². The number of amides is 1. The summed E-state index contributed by atoms with van der Waals surface area (Å²) in [5.41, 5.74) is 1.02. The summed E-state index contributed by atoms with van der Waals surface area (Å²) in [6, 6.07) is -1.09. The van der Waals surface area contributed by atoms with E-state index in [4.69, 9.17) is 14.2 Å². The number of ether oxygens (including phenoxy) is 3. The first-order chi connectivity index (χ1) is 21.2. The molecule has 2 heterocycles. The average molecular weight is 638 g/mol. The maximum atomic E-state index is 13.3. The van der Waals surface area contributed by atoms with E-state index in [0.29, 0.717) is 38.5 Å². The minimum atomic E-state index is -2.99. The molecule has 0 spiro atoms. The van der Waals surface area contributed by atoms with E-state index in [0.717, 1.165) is 10.5 Å². The first kappa shape index (κ1) is 38.7. The van der Waals surface area contributed by atoms with Gasteiger partial charge in [0.2, 0.25) is 5.79 Å². The Labute approximate surface area is 268 Å². The quantitative estimate of drug-likeness (QED) is 0.181. The van der Waals surface area contributed by atoms with Crippen molar-refractivity contribution >= 4 is 23.4 Å². The zero-order valence-corrected chi connectivity index (χ0v) is 27.9. The predicted molar refractivity (Wildman–Crippen MR) is 168 cm³/mol. The van der Waals surface area contributed by atoms with Crippen LogP contribution in [0.5, 0.6) is 0 Å². The monoisotopic (exact) mass is 637 g/mol. The third kappa shape index (κ3) is 11.1. The van der Waals surface area contributed by atoms with E-state index in [-0.39, 0.29) is 50.2 Å². The van der Waals surface area contributed by atoms with E-state index >= 15 is 0 Å². The number of nitrogens with zero attached hydrogens (tertiary/aromatic N) is 1. The summed E-state index contributed by atoms with van der Waals surface area (Å²) in [5, 5.41) is 32.7. The Morgan fingerprint density at radius 3 is 2.29 bits per heavy atom. The normalized spacial score (nSPS) is 35.1. The number of esters is 1. The van der Waals surface area contributed by atoms with Gasteiger partial charge >= 0.3 is 5.97 Å². The second-order valence-electron chi connectivity index (χ2n) is 13.2. The summed E-state index contributed by atoms with van der Waals surface area (Å²) in [7, 11) is 3.09. The van der Waals surface area contributed by atoms with Gasteiger partial charge in [0.15, 0.2) is 0 Å². The molecule has 0 radical (unpaired) electrons. The molecule has 256 valence electrons. The van der Waals surface area contributed by atoms with Crippen LogP contribution in [0, 0.1) is 23.7 Å². The summed E-state index contributed by atoms with van der Waals surface area (Å²) in [6.45, 7) is 10.9. The highest BCUT2D eigenvalue weighted by Gasteiger charge is 2.48. The number of methoxy groups -OCH3 is 2. The van der Waals surface area contributed by atoms with Gasteiger partial charge in [0, 0.05) is 44.9 Å². The Kier molecular flexibility index (Phi) is 15.5. The summed E-state index contributed by atoms with van der Waals surface area (Å²) in [5.74, 6) is -8.39. The van der Waals surface area contributed by atoms with Crippen LogP contribution >= 0.6 is 0 Å². The Morgan fingerprint density at radius 1 is 1.02 bits per heavy atom. The molecule has 11 heteroatoms. The van der Waals surface area contributed by atoms with Crippen LogP contribution in [0.3, 0.4) is 0 Å². The Hall–Kier alpha value is -2.44. The molecule has 8 atom stereocenters. The number of piperidine rings is 1. The van der Waals surface area contributed by atoms with E-state index in [2.05, 4.69) is 13.5 Å². The van der Waals surface area contributed by atoms with Crippen LogP contribution in [0.1, 0.15) is 85.5 Å². The van der Waals surface area contributed by atoms with Crippen molar-refractivity contribution in [1.29, 1.82) is 0 Å². The van der Waals surface area contributed by atoms with Gasteiger partial charge in [0.05, 0.1) is 24.9 Å². The number of hydrogen-bond acceptors (Lipinski definition) is 10. The van der Waals surface area contributed by atoms with E-state index in [1.807, 2.05) is 13.0 Å². The lowest BCUT2D eigenvalue weighted by Gasteiger charge is -2.36. The van der Waals surface area contributed by atoms with Gasteiger partial charge in [0.1, 0.15) is 11.8 Å². The molecule has 11 nitrogen and oxygen atoms in total. The third-order valence-corrected chi connectivity index (χ3v) is 9.27. The Bertz CT molecular complexity index is 1060. The van der Waals surface area contributed by atoms with Crippen molar-refractivity contribution < 1.29 is 48.7 Å².